The predicted octanol–water partition coefficient (Wildman–Crippen LogP) is 5.80. The molecule has 1 aromatic heterocycles. The molecule has 0 unspecified atom stereocenters. The van der Waals surface area contributed by atoms with Crippen LogP contribution in [0.15, 0.2) is 72.6 Å². The molecule has 3 rings (SSSR count). The van der Waals surface area contributed by atoms with Gasteiger partial charge in [0.05, 0.1) is 5.56 Å². The van der Waals surface area contributed by atoms with Crippen molar-refractivity contribution in [3.05, 3.63) is 99.8 Å². The fourth-order valence-electron chi connectivity index (χ4n) is 3.43. The van der Waals surface area contributed by atoms with Gasteiger partial charge in [-0.25, -0.2) is 4.98 Å². The van der Waals surface area contributed by atoms with Gasteiger partial charge in [0.2, 0.25) is 11.8 Å². The molecule has 0 spiro atoms. The van der Waals surface area contributed by atoms with Gasteiger partial charge in [0.1, 0.15) is 0 Å². The third kappa shape index (κ3) is 7.33. The predicted molar refractivity (Wildman–Crippen MR) is 135 cm³/mol. The Labute approximate surface area is 217 Å². The Morgan fingerprint density at radius 1 is 1.03 bits per heavy atom. The van der Waals surface area contributed by atoms with E-state index in [0.717, 1.165) is 17.7 Å². The van der Waals surface area contributed by atoms with Crippen LogP contribution in [0.5, 0.6) is 5.88 Å². The summed E-state index contributed by atoms with van der Waals surface area (Å²) in [5, 5.41) is 3.40. The van der Waals surface area contributed by atoms with Crippen molar-refractivity contribution in [2.24, 2.45) is 5.73 Å². The van der Waals surface area contributed by atoms with Gasteiger partial charge in [-0.15, -0.1) is 0 Å². The van der Waals surface area contributed by atoms with E-state index in [2.05, 4.69) is 10.3 Å². The van der Waals surface area contributed by atoms with E-state index in [4.69, 9.17) is 22.1 Å². The number of pyridine rings is 1. The Balaban J connectivity index is 1.89. The first kappa shape index (κ1) is 27.7. The molecule has 10 heteroatoms. The lowest BCUT2D eigenvalue weighted by Gasteiger charge is -2.26. The number of allylic oxidation sites excluding steroid dienone is 2. The molecule has 0 fully saturated rings. The standard InChI is InChI=1S/C27H25ClF3N3O3/c1-16(34-25(36)26(2,3)37-23-12-9-20(15-33-23)27(29,30)31)22(13-17-7-10-21(28)11-8-17)18-5-4-6-19(14-18)24(32)35/h4-12,14-15H,13H2,1-3H3,(H2,32,35)(H,34,36). The topological polar surface area (TPSA) is 94.3 Å². The molecule has 0 bridgehead atoms. The first-order valence-electron chi connectivity index (χ1n) is 11.1. The Morgan fingerprint density at radius 2 is 1.68 bits per heavy atom. The van der Waals surface area contributed by atoms with Crippen LogP contribution in [0.25, 0.3) is 5.57 Å². The van der Waals surface area contributed by atoms with E-state index in [0.29, 0.717) is 40.0 Å². The second kappa shape index (κ2) is 11.0. The van der Waals surface area contributed by atoms with Crippen molar-refractivity contribution in [2.75, 3.05) is 0 Å². The van der Waals surface area contributed by atoms with Crippen LogP contribution in [-0.2, 0) is 17.4 Å². The summed E-state index contributed by atoms with van der Waals surface area (Å²) in [6.45, 7) is 4.65. The highest BCUT2D eigenvalue weighted by Gasteiger charge is 2.33. The van der Waals surface area contributed by atoms with E-state index in [1.807, 2.05) is 12.1 Å². The lowest BCUT2D eigenvalue weighted by Crippen LogP contribution is -2.46. The van der Waals surface area contributed by atoms with Gasteiger partial charge in [0, 0.05) is 28.5 Å². The molecule has 0 atom stereocenters. The second-order valence-electron chi connectivity index (χ2n) is 8.80. The molecule has 3 aromatic rings. The summed E-state index contributed by atoms with van der Waals surface area (Å²) in [4.78, 5) is 28.6. The van der Waals surface area contributed by atoms with E-state index >= 15 is 0 Å². The number of alkyl halides is 3. The molecule has 0 aliphatic rings. The van der Waals surface area contributed by atoms with Gasteiger partial charge >= 0.3 is 6.18 Å². The molecule has 0 saturated heterocycles. The Kier molecular flexibility index (Phi) is 8.28. The average molecular weight is 532 g/mol. The minimum Gasteiger partial charge on any atom is -0.462 e. The van der Waals surface area contributed by atoms with E-state index in [1.165, 1.54) is 13.8 Å². The van der Waals surface area contributed by atoms with Crippen LogP contribution in [0.3, 0.4) is 0 Å². The van der Waals surface area contributed by atoms with E-state index in [1.54, 1.807) is 43.3 Å². The molecular formula is C27H25ClF3N3O3. The normalized spacial score (nSPS) is 12.5. The number of amides is 2. The SMILES string of the molecule is CC(NC(=O)C(C)(C)Oc1ccc(C(F)(F)F)cn1)=C(Cc1ccc(Cl)cc1)c1cccc(C(N)=O)c1. The summed E-state index contributed by atoms with van der Waals surface area (Å²) in [5.74, 6) is -1.27. The Morgan fingerprint density at radius 3 is 2.24 bits per heavy atom. The number of hydrogen-bond donors (Lipinski definition) is 2. The zero-order chi connectivity index (χ0) is 27.4. The first-order chi connectivity index (χ1) is 17.3. The maximum Gasteiger partial charge on any atom is 0.417 e. The highest BCUT2D eigenvalue weighted by molar-refractivity contribution is 6.30. The number of rotatable bonds is 8. The zero-order valence-electron chi connectivity index (χ0n) is 20.3. The van der Waals surface area contributed by atoms with Gasteiger partial charge in [0.15, 0.2) is 5.60 Å². The molecule has 3 N–H and O–H groups in total. The first-order valence-corrected chi connectivity index (χ1v) is 11.5. The van der Waals surface area contributed by atoms with Crippen molar-refractivity contribution in [3.63, 3.8) is 0 Å². The van der Waals surface area contributed by atoms with Crippen molar-refractivity contribution in [1.82, 2.24) is 10.3 Å². The van der Waals surface area contributed by atoms with Crippen LogP contribution in [-0.4, -0.2) is 22.4 Å². The van der Waals surface area contributed by atoms with Crippen molar-refractivity contribution >= 4 is 29.0 Å². The van der Waals surface area contributed by atoms with Gasteiger partial charge in [-0.3, -0.25) is 9.59 Å². The Bertz CT molecular complexity index is 1320. The van der Waals surface area contributed by atoms with Crippen LogP contribution in [0.1, 0.15) is 47.8 Å². The Hall–Kier alpha value is -3.85. The molecule has 2 amide bonds. The fourth-order valence-corrected chi connectivity index (χ4v) is 3.56. The second-order valence-corrected chi connectivity index (χ2v) is 9.24. The van der Waals surface area contributed by atoms with Crippen molar-refractivity contribution < 1.29 is 27.5 Å². The van der Waals surface area contributed by atoms with Crippen LogP contribution < -0.4 is 15.8 Å². The van der Waals surface area contributed by atoms with E-state index < -0.39 is 29.2 Å². The summed E-state index contributed by atoms with van der Waals surface area (Å²) in [7, 11) is 0. The number of ether oxygens (including phenoxy) is 1. The number of aromatic nitrogens is 1. The minimum atomic E-state index is -4.54. The molecule has 194 valence electrons. The van der Waals surface area contributed by atoms with Gasteiger partial charge in [-0.1, -0.05) is 35.9 Å². The number of nitrogens with zero attached hydrogens (tertiary/aromatic N) is 1. The summed E-state index contributed by atoms with van der Waals surface area (Å²) in [5.41, 5.74) is 6.13. The van der Waals surface area contributed by atoms with Crippen molar-refractivity contribution in [3.8, 4) is 5.88 Å². The number of carbonyl (C=O) groups is 2. The third-order valence-corrected chi connectivity index (χ3v) is 5.77. The molecule has 0 aliphatic heterocycles. The average Bonchev–Trinajstić information content (AvgIpc) is 2.83. The van der Waals surface area contributed by atoms with Crippen LogP contribution >= 0.6 is 11.6 Å². The molecule has 0 aliphatic carbocycles. The number of primary amides is 1. The van der Waals surface area contributed by atoms with Gasteiger partial charge in [0.25, 0.3) is 5.91 Å². The van der Waals surface area contributed by atoms with Gasteiger partial charge in [-0.2, -0.15) is 13.2 Å². The molecule has 1 heterocycles. The monoisotopic (exact) mass is 531 g/mol. The number of nitrogens with two attached hydrogens (primary N) is 1. The largest absolute Gasteiger partial charge is 0.462 e. The number of benzene rings is 2. The van der Waals surface area contributed by atoms with Gasteiger partial charge < -0.3 is 15.8 Å². The molecule has 0 radical (unpaired) electrons. The molecule has 37 heavy (non-hydrogen) atoms. The number of carbonyl (C=O) groups excluding carboxylic acids is 2. The van der Waals surface area contributed by atoms with Crippen LogP contribution in [0.4, 0.5) is 13.2 Å². The van der Waals surface area contributed by atoms with Crippen molar-refractivity contribution in [1.29, 1.82) is 0 Å². The summed E-state index contributed by atoms with van der Waals surface area (Å²) in [6, 6.07) is 15.8. The number of halogens is 4. The smallest absolute Gasteiger partial charge is 0.417 e. The molecule has 6 nitrogen and oxygen atoms in total. The maximum absolute atomic E-state index is 13.1. The maximum atomic E-state index is 13.1. The number of nitrogens with one attached hydrogen (secondary N) is 1. The van der Waals surface area contributed by atoms with E-state index in [-0.39, 0.29) is 5.88 Å². The van der Waals surface area contributed by atoms with E-state index in [9.17, 15) is 22.8 Å². The van der Waals surface area contributed by atoms with Gasteiger partial charge in [-0.05, 0) is 74.2 Å². The van der Waals surface area contributed by atoms with Crippen LogP contribution in [0, 0.1) is 0 Å². The summed E-state index contributed by atoms with van der Waals surface area (Å²) in [6.07, 6.45) is -3.50. The quantitative estimate of drug-likeness (QED) is 0.384. The molecular weight excluding hydrogens is 507 g/mol. The van der Waals surface area contributed by atoms with Crippen molar-refractivity contribution in [2.45, 2.75) is 39.0 Å². The lowest BCUT2D eigenvalue weighted by atomic mass is 9.94. The fraction of sp³-hybridized carbons (Fsp3) is 0.222. The summed E-state index contributed by atoms with van der Waals surface area (Å²) >= 11 is 6.00. The number of hydrogen-bond acceptors (Lipinski definition) is 4. The highest BCUT2D eigenvalue weighted by Crippen LogP contribution is 2.30. The zero-order valence-corrected chi connectivity index (χ0v) is 21.1. The highest BCUT2D eigenvalue weighted by atomic mass is 35.5. The molecule has 2 aromatic carbocycles. The minimum absolute atomic E-state index is 0.134. The van der Waals surface area contributed by atoms with Crippen LogP contribution in [0.2, 0.25) is 5.02 Å². The third-order valence-electron chi connectivity index (χ3n) is 5.51. The lowest BCUT2D eigenvalue weighted by molar-refractivity contribution is -0.138. The summed E-state index contributed by atoms with van der Waals surface area (Å²) < 4.78 is 44.0. The molecule has 0 saturated carbocycles.